The maximum atomic E-state index is 12.4. The second-order valence-electron chi connectivity index (χ2n) is 11.0. The van der Waals surface area contributed by atoms with Gasteiger partial charge < -0.3 is 52.5 Å². The van der Waals surface area contributed by atoms with E-state index in [2.05, 4.69) is 0 Å². The first-order chi connectivity index (χ1) is 22.2. The van der Waals surface area contributed by atoms with Crippen molar-refractivity contribution in [2.45, 2.75) is 104 Å². The maximum absolute atomic E-state index is 12.4. The molecule has 1 aliphatic carbocycles. The summed E-state index contributed by atoms with van der Waals surface area (Å²) in [7, 11) is 0. The summed E-state index contributed by atoms with van der Waals surface area (Å²) in [4.78, 5) is 95.9. The van der Waals surface area contributed by atoms with Crippen molar-refractivity contribution in [3.05, 3.63) is 0 Å². The van der Waals surface area contributed by atoms with Crippen LogP contribution in [0.3, 0.4) is 0 Å². The predicted octanol–water partition coefficient (Wildman–Crippen LogP) is -0.990. The summed E-state index contributed by atoms with van der Waals surface area (Å²) in [6, 6.07) is 0. The second kappa shape index (κ2) is 17.2. The molecule has 19 nitrogen and oxygen atoms in total. The number of carbonyl (C=O) groups is 8. The molecule has 1 aliphatic heterocycles. The van der Waals surface area contributed by atoms with Crippen LogP contribution >= 0.6 is 0 Å². The summed E-state index contributed by atoms with van der Waals surface area (Å²) in [5.41, 5.74) is 0. The highest BCUT2D eigenvalue weighted by atomic mass is 16.8. The Morgan fingerprint density at radius 3 is 1.52 bits per heavy atom. The van der Waals surface area contributed by atoms with Crippen LogP contribution < -0.4 is 0 Å². The van der Waals surface area contributed by atoms with E-state index in [4.69, 9.17) is 47.4 Å². The van der Waals surface area contributed by atoms with Gasteiger partial charge in [-0.05, 0) is 0 Å². The molecular weight excluding hydrogens is 652 g/mol. The Morgan fingerprint density at radius 1 is 0.583 bits per heavy atom. The first-order valence-electron chi connectivity index (χ1n) is 14.6. The lowest BCUT2D eigenvalue weighted by atomic mass is 9.97. The summed E-state index contributed by atoms with van der Waals surface area (Å²) >= 11 is 0. The molecule has 0 aromatic heterocycles. The van der Waals surface area contributed by atoms with Gasteiger partial charge in [0.1, 0.15) is 25.4 Å². The van der Waals surface area contributed by atoms with Crippen LogP contribution in [0.5, 0.6) is 0 Å². The van der Waals surface area contributed by atoms with Crippen molar-refractivity contribution in [2.75, 3.05) is 19.8 Å². The van der Waals surface area contributed by atoms with E-state index in [1.54, 1.807) is 0 Å². The van der Waals surface area contributed by atoms with Crippen molar-refractivity contribution in [3.63, 3.8) is 0 Å². The Balaban J connectivity index is 2.71. The van der Waals surface area contributed by atoms with Gasteiger partial charge in [-0.15, -0.1) is 0 Å². The fourth-order valence-corrected chi connectivity index (χ4v) is 5.06. The molecule has 2 fully saturated rings. The molecule has 0 amide bonds. The van der Waals surface area contributed by atoms with Crippen LogP contribution in [0.25, 0.3) is 0 Å². The van der Waals surface area contributed by atoms with Gasteiger partial charge in [0, 0.05) is 67.2 Å². The molecule has 48 heavy (non-hydrogen) atoms. The Bertz CT molecular complexity index is 1250. The van der Waals surface area contributed by atoms with Gasteiger partial charge in [0.05, 0.1) is 6.61 Å². The van der Waals surface area contributed by atoms with E-state index in [9.17, 15) is 43.5 Å². The number of rotatable bonds is 15. The van der Waals surface area contributed by atoms with Crippen molar-refractivity contribution in [2.24, 2.45) is 11.8 Å². The molecule has 0 aromatic rings. The Labute approximate surface area is 274 Å². The summed E-state index contributed by atoms with van der Waals surface area (Å²) in [6.07, 6.45) is -11.7. The summed E-state index contributed by atoms with van der Waals surface area (Å²) < 4.78 is 53.7. The van der Waals surface area contributed by atoms with Crippen molar-refractivity contribution >= 4 is 47.8 Å². The molecule has 0 radical (unpaired) electrons. The largest absolute Gasteiger partial charge is 0.465 e. The van der Waals surface area contributed by atoms with E-state index >= 15 is 0 Å². The minimum Gasteiger partial charge on any atom is -0.465 e. The molecule has 2 rings (SSSR count). The standard InChI is InChI=1S/C29H40O19/c1-12(30)39-9-20-22(23(20)42-15(4)33)27(46-19(8)37)29(38,11-41-14(3)32)48-28-26(45-18(7)36)25(44-17(6)35)24(43-16(5)34)21(47-28)10-40-13(2)31/h20-28,38H,9-11H2,1-8H3. The lowest BCUT2D eigenvalue weighted by Crippen LogP contribution is -2.66. The molecule has 1 heterocycles. The fraction of sp³-hybridized carbons (Fsp3) is 0.724. The molecule has 19 heteroatoms. The van der Waals surface area contributed by atoms with Crippen molar-refractivity contribution in [3.8, 4) is 0 Å². The van der Waals surface area contributed by atoms with E-state index in [1.807, 2.05) is 0 Å². The summed E-state index contributed by atoms with van der Waals surface area (Å²) in [5.74, 6) is -12.0. The number of ether oxygens (including phenoxy) is 10. The minimum absolute atomic E-state index is 0.363. The van der Waals surface area contributed by atoms with E-state index < -0.39 is 122 Å². The normalized spacial score (nSPS) is 27.9. The molecule has 10 atom stereocenters. The highest BCUT2D eigenvalue weighted by Crippen LogP contribution is 2.49. The number of esters is 8. The van der Waals surface area contributed by atoms with Crippen LogP contribution in [0.15, 0.2) is 0 Å². The third kappa shape index (κ3) is 11.7. The molecule has 0 bridgehead atoms. The topological polar surface area (TPSA) is 249 Å². The Kier molecular flexibility index (Phi) is 14.2. The van der Waals surface area contributed by atoms with Crippen molar-refractivity contribution < 1.29 is 90.8 Å². The molecule has 270 valence electrons. The van der Waals surface area contributed by atoms with Gasteiger partial charge in [0.25, 0.3) is 0 Å². The van der Waals surface area contributed by atoms with Crippen LogP contribution in [-0.2, 0) is 85.7 Å². The molecule has 0 aromatic carbocycles. The van der Waals surface area contributed by atoms with E-state index in [1.165, 1.54) is 0 Å². The van der Waals surface area contributed by atoms with Crippen molar-refractivity contribution in [1.82, 2.24) is 0 Å². The van der Waals surface area contributed by atoms with E-state index in [0.29, 0.717) is 0 Å². The van der Waals surface area contributed by atoms with Crippen LogP contribution in [0.4, 0.5) is 0 Å². The Morgan fingerprint density at radius 2 is 1.04 bits per heavy atom. The van der Waals surface area contributed by atoms with Crippen molar-refractivity contribution in [1.29, 1.82) is 0 Å². The fourth-order valence-electron chi connectivity index (χ4n) is 5.06. The SMILES string of the molecule is CC(=O)OCC1OC(OC(O)(COC(C)=O)C(OC(C)=O)C2C(COC(C)=O)C2OC(C)=O)C(OC(C)=O)C(OC(C)=O)C1OC(C)=O. The van der Waals surface area contributed by atoms with Gasteiger partial charge in [-0.25, -0.2) is 0 Å². The molecule has 10 unspecified atom stereocenters. The maximum Gasteiger partial charge on any atom is 0.303 e. The number of carbonyl (C=O) groups excluding carboxylic acids is 8. The third-order valence-corrected chi connectivity index (χ3v) is 6.77. The zero-order valence-electron chi connectivity index (χ0n) is 27.6. The number of hydrogen-bond donors (Lipinski definition) is 1. The summed E-state index contributed by atoms with van der Waals surface area (Å²) in [6.45, 7) is 6.09. The lowest BCUT2D eigenvalue weighted by Gasteiger charge is -2.46. The van der Waals surface area contributed by atoms with Gasteiger partial charge in [0.2, 0.25) is 12.1 Å². The van der Waals surface area contributed by atoms with Gasteiger partial charge >= 0.3 is 47.8 Å². The summed E-state index contributed by atoms with van der Waals surface area (Å²) in [5, 5.41) is 12.1. The monoisotopic (exact) mass is 692 g/mol. The first-order valence-corrected chi connectivity index (χ1v) is 14.6. The highest BCUT2D eigenvalue weighted by molar-refractivity contribution is 5.69. The zero-order chi connectivity index (χ0) is 36.5. The average molecular weight is 693 g/mol. The number of aliphatic hydroxyl groups is 1. The predicted molar refractivity (Wildman–Crippen MR) is 149 cm³/mol. The lowest BCUT2D eigenvalue weighted by molar-refractivity contribution is -0.386. The van der Waals surface area contributed by atoms with Crippen LogP contribution in [0.2, 0.25) is 0 Å². The minimum atomic E-state index is -2.94. The van der Waals surface area contributed by atoms with Crippen LogP contribution in [0.1, 0.15) is 55.4 Å². The average Bonchev–Trinajstić information content (AvgIpc) is 3.60. The number of hydrogen-bond acceptors (Lipinski definition) is 19. The van der Waals surface area contributed by atoms with E-state index in [0.717, 1.165) is 55.4 Å². The van der Waals surface area contributed by atoms with Gasteiger partial charge in [-0.2, -0.15) is 0 Å². The van der Waals surface area contributed by atoms with Gasteiger partial charge in [0.15, 0.2) is 24.4 Å². The van der Waals surface area contributed by atoms with Crippen LogP contribution in [0, 0.1) is 11.8 Å². The first kappa shape index (κ1) is 39.8. The smallest absolute Gasteiger partial charge is 0.303 e. The quantitative estimate of drug-likeness (QED) is 0.123. The molecule has 0 spiro atoms. The molecular formula is C29H40O19. The van der Waals surface area contributed by atoms with E-state index in [-0.39, 0.29) is 6.61 Å². The molecule has 1 saturated carbocycles. The van der Waals surface area contributed by atoms with Gasteiger partial charge in [-0.1, -0.05) is 0 Å². The second-order valence-corrected chi connectivity index (χ2v) is 11.0. The third-order valence-electron chi connectivity index (χ3n) is 6.77. The van der Waals surface area contributed by atoms with Crippen LogP contribution in [-0.4, -0.2) is 121 Å². The molecule has 1 N–H and O–H groups in total. The Hall–Kier alpha value is -4.36. The van der Waals surface area contributed by atoms with Gasteiger partial charge in [-0.3, -0.25) is 38.4 Å². The highest BCUT2D eigenvalue weighted by Gasteiger charge is 2.66. The molecule has 1 saturated heterocycles. The molecule has 2 aliphatic rings. The zero-order valence-corrected chi connectivity index (χ0v) is 27.6.